The lowest BCUT2D eigenvalue weighted by Gasteiger charge is -1.99. The summed E-state index contributed by atoms with van der Waals surface area (Å²) in [5.74, 6) is 0.129. The van der Waals surface area contributed by atoms with Gasteiger partial charge in [0.15, 0.2) is 9.84 Å². The number of rotatable bonds is 2. The van der Waals surface area contributed by atoms with Crippen LogP contribution in [-0.2, 0) is 9.84 Å². The van der Waals surface area contributed by atoms with Crippen molar-refractivity contribution >= 4 is 15.7 Å². The molecule has 0 saturated carbocycles. The van der Waals surface area contributed by atoms with Crippen LogP contribution in [0, 0.1) is 11.3 Å². The van der Waals surface area contributed by atoms with Crippen molar-refractivity contribution in [3.63, 3.8) is 0 Å². The molecule has 2 rings (SSSR count). The number of nitrogen functional groups attached to an aromatic ring is 1. The third kappa shape index (κ3) is 2.19. The van der Waals surface area contributed by atoms with Crippen molar-refractivity contribution < 1.29 is 12.8 Å². The van der Waals surface area contributed by atoms with E-state index in [9.17, 15) is 8.42 Å². The number of hydrogen-bond donors (Lipinski definition) is 1. The van der Waals surface area contributed by atoms with Crippen LogP contribution in [0.15, 0.2) is 33.6 Å². The highest BCUT2D eigenvalue weighted by Crippen LogP contribution is 2.24. The first-order chi connectivity index (χ1) is 8.41. The minimum Gasteiger partial charge on any atom is -0.419 e. The Morgan fingerprint density at radius 2 is 1.94 bits per heavy atom. The fourth-order valence-corrected chi connectivity index (χ4v) is 2.01. The normalized spacial score (nSPS) is 11.1. The number of sulfone groups is 1. The van der Waals surface area contributed by atoms with Crippen LogP contribution >= 0.6 is 0 Å². The van der Waals surface area contributed by atoms with Crippen LogP contribution in [0.5, 0.6) is 0 Å². The van der Waals surface area contributed by atoms with Crippen molar-refractivity contribution in [2.45, 2.75) is 4.90 Å². The number of nitrogens with zero attached hydrogens (tertiary/aromatic N) is 2. The van der Waals surface area contributed by atoms with Crippen molar-refractivity contribution in [1.82, 2.24) is 4.98 Å². The lowest BCUT2D eigenvalue weighted by molar-refractivity contribution is 0.593. The molecule has 7 heteroatoms. The van der Waals surface area contributed by atoms with E-state index in [0.717, 1.165) is 6.26 Å². The highest BCUT2D eigenvalue weighted by Gasteiger charge is 2.13. The molecule has 18 heavy (non-hydrogen) atoms. The van der Waals surface area contributed by atoms with Gasteiger partial charge in [0.1, 0.15) is 6.07 Å². The van der Waals surface area contributed by atoms with Crippen LogP contribution in [0.2, 0.25) is 0 Å². The summed E-state index contributed by atoms with van der Waals surface area (Å²) in [6.45, 7) is 0. The SMILES string of the molecule is CS(=O)(=O)c1ccc(-c2nc(C#N)c(N)o2)cc1. The number of anilines is 1. The predicted octanol–water partition coefficient (Wildman–Crippen LogP) is 1.20. The minimum absolute atomic E-state index is 0.0113. The van der Waals surface area contributed by atoms with Crippen LogP contribution in [0.25, 0.3) is 11.5 Å². The zero-order valence-electron chi connectivity index (χ0n) is 9.41. The fourth-order valence-electron chi connectivity index (χ4n) is 1.38. The van der Waals surface area contributed by atoms with Gasteiger partial charge in [0.25, 0.3) is 0 Å². The Kier molecular flexibility index (Phi) is 2.80. The number of oxazole rings is 1. The first-order valence-corrected chi connectivity index (χ1v) is 6.78. The molecule has 2 aromatic rings. The van der Waals surface area contributed by atoms with E-state index < -0.39 is 9.84 Å². The largest absolute Gasteiger partial charge is 0.419 e. The zero-order chi connectivity index (χ0) is 13.3. The summed E-state index contributed by atoms with van der Waals surface area (Å²) < 4.78 is 27.7. The van der Waals surface area contributed by atoms with Crippen molar-refractivity contribution in [2.24, 2.45) is 0 Å². The maximum Gasteiger partial charge on any atom is 0.230 e. The van der Waals surface area contributed by atoms with E-state index >= 15 is 0 Å². The summed E-state index contributed by atoms with van der Waals surface area (Å²) in [5.41, 5.74) is 6.00. The van der Waals surface area contributed by atoms with Crippen molar-refractivity contribution in [2.75, 3.05) is 12.0 Å². The standard InChI is InChI=1S/C11H9N3O3S/c1-18(15,16)8-4-2-7(3-5-8)11-14-9(6-12)10(13)17-11/h2-5H,13H2,1H3. The summed E-state index contributed by atoms with van der Waals surface area (Å²) in [4.78, 5) is 4.09. The van der Waals surface area contributed by atoms with Gasteiger partial charge in [-0.05, 0) is 24.3 Å². The number of aromatic nitrogens is 1. The van der Waals surface area contributed by atoms with Gasteiger partial charge in [-0.2, -0.15) is 10.2 Å². The molecule has 92 valence electrons. The van der Waals surface area contributed by atoms with Gasteiger partial charge in [-0.1, -0.05) is 0 Å². The molecule has 0 aliphatic carbocycles. The highest BCUT2D eigenvalue weighted by atomic mass is 32.2. The van der Waals surface area contributed by atoms with Crippen LogP contribution in [0.3, 0.4) is 0 Å². The highest BCUT2D eigenvalue weighted by molar-refractivity contribution is 7.90. The third-order valence-electron chi connectivity index (χ3n) is 2.29. The van der Waals surface area contributed by atoms with E-state index in [1.807, 2.05) is 0 Å². The van der Waals surface area contributed by atoms with Crippen molar-refractivity contribution in [3.8, 4) is 17.5 Å². The molecule has 0 radical (unpaired) electrons. The molecule has 0 aliphatic heterocycles. The van der Waals surface area contributed by atoms with Gasteiger partial charge in [0, 0.05) is 11.8 Å². The van der Waals surface area contributed by atoms with Gasteiger partial charge >= 0.3 is 0 Å². The maximum atomic E-state index is 11.3. The van der Waals surface area contributed by atoms with Crippen molar-refractivity contribution in [3.05, 3.63) is 30.0 Å². The lowest BCUT2D eigenvalue weighted by atomic mass is 10.2. The van der Waals surface area contributed by atoms with E-state index in [0.29, 0.717) is 5.56 Å². The molecule has 0 atom stereocenters. The van der Waals surface area contributed by atoms with Crippen molar-refractivity contribution in [1.29, 1.82) is 5.26 Å². The Bertz CT molecular complexity index is 724. The quantitative estimate of drug-likeness (QED) is 0.871. The minimum atomic E-state index is -3.24. The number of nitrogens with two attached hydrogens (primary N) is 1. The molecule has 0 amide bonds. The molecule has 0 spiro atoms. The summed E-state index contributed by atoms with van der Waals surface area (Å²) in [6, 6.07) is 7.77. The van der Waals surface area contributed by atoms with Crippen LogP contribution in [0.4, 0.5) is 5.88 Å². The molecule has 1 heterocycles. The second kappa shape index (κ2) is 4.16. The molecule has 0 fully saturated rings. The number of benzene rings is 1. The van der Waals surface area contributed by atoms with Crippen LogP contribution in [0.1, 0.15) is 5.69 Å². The van der Waals surface area contributed by atoms with Gasteiger partial charge < -0.3 is 10.2 Å². The van der Waals surface area contributed by atoms with Gasteiger partial charge in [-0.15, -0.1) is 0 Å². The number of hydrogen-bond acceptors (Lipinski definition) is 6. The van der Waals surface area contributed by atoms with E-state index in [1.54, 1.807) is 18.2 Å². The zero-order valence-corrected chi connectivity index (χ0v) is 10.2. The molecule has 1 aromatic carbocycles. The molecule has 1 aromatic heterocycles. The molecule has 2 N–H and O–H groups in total. The van der Waals surface area contributed by atoms with E-state index in [-0.39, 0.29) is 22.4 Å². The third-order valence-corrected chi connectivity index (χ3v) is 3.42. The van der Waals surface area contributed by atoms with Gasteiger partial charge in [-0.25, -0.2) is 8.42 Å². The Hall–Kier alpha value is -2.33. The van der Waals surface area contributed by atoms with E-state index in [4.69, 9.17) is 15.4 Å². The smallest absolute Gasteiger partial charge is 0.230 e. The van der Waals surface area contributed by atoms with E-state index in [2.05, 4.69) is 4.98 Å². The molecule has 0 bridgehead atoms. The maximum absolute atomic E-state index is 11.3. The summed E-state index contributed by atoms with van der Waals surface area (Å²) in [6.07, 6.45) is 1.12. The second-order valence-corrected chi connectivity index (χ2v) is 5.66. The van der Waals surface area contributed by atoms with Gasteiger partial charge in [0.05, 0.1) is 4.90 Å². The second-order valence-electron chi connectivity index (χ2n) is 3.64. The van der Waals surface area contributed by atoms with Gasteiger partial charge in [-0.3, -0.25) is 0 Å². The summed E-state index contributed by atoms with van der Waals surface area (Å²) in [7, 11) is -3.24. The monoisotopic (exact) mass is 263 g/mol. The molecule has 0 aliphatic rings. The average Bonchev–Trinajstić information content (AvgIpc) is 2.69. The molecular formula is C11H9N3O3S. The first kappa shape index (κ1) is 12.1. The molecule has 0 unspecified atom stereocenters. The van der Waals surface area contributed by atoms with E-state index in [1.165, 1.54) is 12.1 Å². The van der Waals surface area contributed by atoms with Gasteiger partial charge in [0.2, 0.25) is 17.5 Å². The number of nitriles is 1. The lowest BCUT2D eigenvalue weighted by Crippen LogP contribution is -1.96. The predicted molar refractivity (Wildman–Crippen MR) is 64.2 cm³/mol. The Labute approximate surface area is 104 Å². The average molecular weight is 263 g/mol. The fraction of sp³-hybridized carbons (Fsp3) is 0.0909. The Morgan fingerprint density at radius 1 is 1.33 bits per heavy atom. The topological polar surface area (TPSA) is 110 Å². The summed E-state index contributed by atoms with van der Waals surface area (Å²) >= 11 is 0. The van der Waals surface area contributed by atoms with Crippen LogP contribution in [-0.4, -0.2) is 19.7 Å². The summed E-state index contributed by atoms with van der Waals surface area (Å²) in [5, 5.41) is 8.70. The Morgan fingerprint density at radius 3 is 2.39 bits per heavy atom. The van der Waals surface area contributed by atoms with Crippen LogP contribution < -0.4 is 5.73 Å². The molecule has 6 nitrogen and oxygen atoms in total. The first-order valence-electron chi connectivity index (χ1n) is 4.88. The Balaban J connectivity index is 2.44. The molecule has 0 saturated heterocycles. The molecular weight excluding hydrogens is 254 g/mol.